The number of carbonyl (C=O) groups excluding carboxylic acids is 1. The molecule has 10 atom stereocenters. The van der Waals surface area contributed by atoms with E-state index >= 15 is 0 Å². The van der Waals surface area contributed by atoms with Crippen molar-refractivity contribution in [3.8, 4) is 0 Å². The minimum Gasteiger partial charge on any atom is -0.393 e. The van der Waals surface area contributed by atoms with E-state index in [-0.39, 0.29) is 28.9 Å². The van der Waals surface area contributed by atoms with E-state index in [1.165, 1.54) is 37.0 Å². The Morgan fingerprint density at radius 3 is 2.64 bits per heavy atom. The van der Waals surface area contributed by atoms with Crippen LogP contribution in [0.3, 0.4) is 0 Å². The highest BCUT2D eigenvalue weighted by atomic mass is 32.1. The van der Waals surface area contributed by atoms with Crippen molar-refractivity contribution in [1.29, 1.82) is 0 Å². The van der Waals surface area contributed by atoms with Gasteiger partial charge in [0.25, 0.3) is 0 Å². The fourth-order valence-corrected chi connectivity index (χ4v) is 10.1. The van der Waals surface area contributed by atoms with Crippen LogP contribution < -0.4 is 5.32 Å². The van der Waals surface area contributed by atoms with Gasteiger partial charge in [0, 0.05) is 13.5 Å². The quantitative estimate of drug-likeness (QED) is 0.467. The summed E-state index contributed by atoms with van der Waals surface area (Å²) in [6.07, 6.45) is 9.52. The van der Waals surface area contributed by atoms with Gasteiger partial charge >= 0.3 is 0 Å². The number of rotatable bonds is 7. The van der Waals surface area contributed by atoms with Crippen molar-refractivity contribution >= 4 is 22.4 Å². The molecule has 4 fully saturated rings. The van der Waals surface area contributed by atoms with Gasteiger partial charge in [-0.3, -0.25) is 4.79 Å². The Hall–Kier alpha value is -1.09. The molecule has 0 bridgehead atoms. The highest BCUT2D eigenvalue weighted by Gasteiger charge is 2.62. The average molecular weight is 520 g/mol. The number of amides is 1. The van der Waals surface area contributed by atoms with Gasteiger partial charge < -0.3 is 20.3 Å². The second-order valence-electron chi connectivity index (χ2n) is 13.0. The monoisotopic (exact) mass is 519 g/mol. The second-order valence-corrected chi connectivity index (χ2v) is 14.0. The molecule has 1 aromatic rings. The Kier molecular flexibility index (Phi) is 7.54. The minimum atomic E-state index is -0.238. The van der Waals surface area contributed by atoms with Gasteiger partial charge in [0.1, 0.15) is 11.6 Å². The molecule has 202 valence electrons. The molecule has 36 heavy (non-hydrogen) atoms. The van der Waals surface area contributed by atoms with Crippen LogP contribution in [0.15, 0.2) is 0 Å². The van der Waals surface area contributed by atoms with E-state index in [2.05, 4.69) is 36.3 Å². The number of aliphatic hydroxyl groups excluding tert-OH is 2. The molecule has 1 aromatic heterocycles. The number of aromatic nitrogens is 2. The maximum atomic E-state index is 12.6. The van der Waals surface area contributed by atoms with Gasteiger partial charge in [-0.1, -0.05) is 32.1 Å². The van der Waals surface area contributed by atoms with Crippen molar-refractivity contribution < 1.29 is 19.7 Å². The van der Waals surface area contributed by atoms with E-state index in [9.17, 15) is 15.0 Å². The summed E-state index contributed by atoms with van der Waals surface area (Å²) in [6, 6.07) is 0. The van der Waals surface area contributed by atoms with Crippen molar-refractivity contribution in [1.82, 2.24) is 10.2 Å². The first-order chi connectivity index (χ1) is 17.2. The number of aliphatic hydroxyl groups is 2. The van der Waals surface area contributed by atoms with Crippen LogP contribution in [0.2, 0.25) is 0 Å². The maximum Gasteiger partial charge on any atom is 0.226 e. The molecule has 3 N–H and O–H groups in total. The fraction of sp³-hybridized carbons (Fsp3) is 0.893. The molecular weight excluding hydrogens is 474 g/mol. The molecule has 7 nitrogen and oxygen atoms in total. The zero-order valence-electron chi connectivity index (χ0n) is 22.4. The number of ether oxygens (including phenoxy) is 1. The SMILES string of the molecule is COCc1nnc(NC(=O)CC[C@@H](C)[C@@H]2CC[C@@H]3[C@@H]4[C@@H](CC[C@@]32C)[C@@]2(C)CC[C@@H](O)C[C@@H]2C[C@@H]4O)s1. The van der Waals surface area contributed by atoms with Crippen molar-refractivity contribution in [3.05, 3.63) is 5.01 Å². The van der Waals surface area contributed by atoms with Crippen LogP contribution >= 0.6 is 11.3 Å². The highest BCUT2D eigenvalue weighted by Crippen LogP contribution is 2.68. The number of nitrogens with zero attached hydrogens (tertiary/aromatic N) is 2. The standard InChI is InChI=1S/C28H45N3O4S/c1-16(5-8-23(34)29-26-31-30-24(36-26)15-35-4)19-6-7-20-25-21(10-12-28(19,20)3)27(2)11-9-18(32)13-17(27)14-22(25)33/h16-22,25,32-33H,5-15H2,1-4H3,(H,29,31,34)/t16-,17-,18-,19+,20-,21-,22+,25-,27+,28-/m1/s1. The number of methoxy groups -OCH3 is 1. The van der Waals surface area contributed by atoms with E-state index in [1.54, 1.807) is 7.11 Å². The Bertz CT molecular complexity index is 942. The third-order valence-corrected chi connectivity index (χ3v) is 12.0. The van der Waals surface area contributed by atoms with E-state index in [0.717, 1.165) is 37.1 Å². The van der Waals surface area contributed by atoms with E-state index in [0.29, 0.717) is 53.7 Å². The fourth-order valence-electron chi connectivity index (χ4n) is 9.40. The predicted octanol–water partition coefficient (Wildman–Crippen LogP) is 5.03. The van der Waals surface area contributed by atoms with Gasteiger partial charge in [0.15, 0.2) is 0 Å². The summed E-state index contributed by atoms with van der Waals surface area (Å²) in [5.41, 5.74) is 0.504. The largest absolute Gasteiger partial charge is 0.393 e. The van der Waals surface area contributed by atoms with Gasteiger partial charge in [0.2, 0.25) is 11.0 Å². The van der Waals surface area contributed by atoms with Crippen molar-refractivity contribution in [2.75, 3.05) is 12.4 Å². The van der Waals surface area contributed by atoms with Crippen LogP contribution in [0.4, 0.5) is 5.13 Å². The summed E-state index contributed by atoms with van der Waals surface area (Å²) >= 11 is 1.36. The summed E-state index contributed by atoms with van der Waals surface area (Å²) in [7, 11) is 1.62. The van der Waals surface area contributed by atoms with Crippen LogP contribution in [0.1, 0.15) is 90.0 Å². The molecule has 5 rings (SSSR count). The van der Waals surface area contributed by atoms with Gasteiger partial charge in [-0.25, -0.2) is 0 Å². The molecule has 0 aromatic carbocycles. The summed E-state index contributed by atoms with van der Waals surface area (Å²) in [6.45, 7) is 7.70. The zero-order chi connectivity index (χ0) is 25.7. The molecule has 0 unspecified atom stereocenters. The number of hydrogen-bond acceptors (Lipinski definition) is 7. The van der Waals surface area contributed by atoms with Crippen molar-refractivity contribution in [2.45, 2.75) is 104 Å². The molecule has 1 heterocycles. The third-order valence-electron chi connectivity index (χ3n) is 11.2. The summed E-state index contributed by atoms with van der Waals surface area (Å²) in [5.74, 6) is 3.05. The number of anilines is 1. The topological polar surface area (TPSA) is 105 Å². The summed E-state index contributed by atoms with van der Waals surface area (Å²) < 4.78 is 5.08. The van der Waals surface area contributed by atoms with Crippen molar-refractivity contribution in [3.63, 3.8) is 0 Å². The van der Waals surface area contributed by atoms with Crippen LogP contribution in [-0.2, 0) is 16.1 Å². The molecule has 0 radical (unpaired) electrons. The minimum absolute atomic E-state index is 0.00605. The number of fused-ring (bicyclic) bond motifs is 5. The molecule has 4 aliphatic rings. The summed E-state index contributed by atoms with van der Waals surface area (Å²) in [4.78, 5) is 12.6. The molecule has 1 amide bonds. The van der Waals surface area contributed by atoms with Crippen LogP contribution in [0, 0.1) is 46.3 Å². The second kappa shape index (κ2) is 10.2. The first-order valence-electron chi connectivity index (χ1n) is 14.1. The normalized spacial score (nSPS) is 42.8. The molecule has 0 aliphatic heterocycles. The average Bonchev–Trinajstić information content (AvgIpc) is 3.42. The Labute approximate surface area is 219 Å². The number of hydrogen-bond donors (Lipinski definition) is 3. The molecular formula is C28H45N3O4S. The lowest BCUT2D eigenvalue weighted by molar-refractivity contribution is -0.174. The van der Waals surface area contributed by atoms with Crippen LogP contribution in [0.25, 0.3) is 0 Å². The predicted molar refractivity (Wildman–Crippen MR) is 140 cm³/mol. The van der Waals surface area contributed by atoms with Gasteiger partial charge in [-0.2, -0.15) is 0 Å². The molecule has 8 heteroatoms. The smallest absolute Gasteiger partial charge is 0.226 e. The molecule has 0 spiro atoms. The van der Waals surface area contributed by atoms with E-state index in [1.807, 2.05) is 0 Å². The Balaban J connectivity index is 1.21. The lowest BCUT2D eigenvalue weighted by Crippen LogP contribution is -2.58. The number of nitrogens with one attached hydrogen (secondary N) is 1. The maximum absolute atomic E-state index is 12.6. The lowest BCUT2D eigenvalue weighted by Gasteiger charge is -2.62. The van der Waals surface area contributed by atoms with Crippen LogP contribution in [0.5, 0.6) is 0 Å². The zero-order valence-corrected chi connectivity index (χ0v) is 23.2. The third kappa shape index (κ3) is 4.65. The molecule has 4 aliphatic carbocycles. The van der Waals surface area contributed by atoms with Gasteiger partial charge in [0.05, 0.1) is 12.2 Å². The Morgan fingerprint density at radius 1 is 1.11 bits per heavy atom. The van der Waals surface area contributed by atoms with Crippen LogP contribution in [-0.4, -0.2) is 45.6 Å². The summed E-state index contributed by atoms with van der Waals surface area (Å²) in [5, 5.41) is 34.0. The number of carbonyl (C=O) groups is 1. The first kappa shape index (κ1) is 26.5. The molecule has 0 saturated heterocycles. The van der Waals surface area contributed by atoms with Crippen molar-refractivity contribution in [2.24, 2.45) is 46.3 Å². The first-order valence-corrected chi connectivity index (χ1v) is 14.9. The van der Waals surface area contributed by atoms with Gasteiger partial charge in [-0.05, 0) is 104 Å². The highest BCUT2D eigenvalue weighted by molar-refractivity contribution is 7.15. The molecule has 4 saturated carbocycles. The lowest BCUT2D eigenvalue weighted by atomic mass is 9.43. The van der Waals surface area contributed by atoms with E-state index < -0.39 is 0 Å². The Morgan fingerprint density at radius 2 is 1.86 bits per heavy atom. The van der Waals surface area contributed by atoms with Gasteiger partial charge in [-0.15, -0.1) is 10.2 Å². The van der Waals surface area contributed by atoms with E-state index in [4.69, 9.17) is 4.74 Å².